The van der Waals surface area contributed by atoms with Crippen molar-refractivity contribution in [2.24, 2.45) is 0 Å². The maximum atomic E-state index is 11.5. The number of thiophene rings is 1. The zero-order valence-electron chi connectivity index (χ0n) is 7.45. The van der Waals surface area contributed by atoms with Crippen LogP contribution in [0, 0.1) is 0 Å². The van der Waals surface area contributed by atoms with Crippen molar-refractivity contribution in [2.45, 2.75) is 25.2 Å². The van der Waals surface area contributed by atoms with Crippen LogP contribution in [0.1, 0.15) is 29.2 Å². The van der Waals surface area contributed by atoms with Crippen LogP contribution < -0.4 is 0 Å². The predicted octanol–water partition coefficient (Wildman–Crippen LogP) is 2.92. The van der Waals surface area contributed by atoms with Gasteiger partial charge in [0.15, 0.2) is 5.78 Å². The van der Waals surface area contributed by atoms with Crippen LogP contribution in [0.15, 0.2) is 24.1 Å². The second kappa shape index (κ2) is 3.46. The number of hydrogen-bond acceptors (Lipinski definition) is 2. The summed E-state index contributed by atoms with van der Waals surface area (Å²) in [4.78, 5) is 12.9. The number of aryl methyl sites for hydroxylation is 1. The second-order valence-corrected chi connectivity index (χ2v) is 4.35. The van der Waals surface area contributed by atoms with Gasteiger partial charge in [-0.3, -0.25) is 4.79 Å². The SMILES string of the molecule is C=CC(=O)C1CCCc2sccc21. The summed E-state index contributed by atoms with van der Waals surface area (Å²) < 4.78 is 0. The number of ketones is 1. The van der Waals surface area contributed by atoms with Crippen LogP contribution in [0.4, 0.5) is 0 Å². The monoisotopic (exact) mass is 192 g/mol. The first-order valence-corrected chi connectivity index (χ1v) is 5.43. The van der Waals surface area contributed by atoms with E-state index in [0.717, 1.165) is 19.3 Å². The highest BCUT2D eigenvalue weighted by molar-refractivity contribution is 7.10. The van der Waals surface area contributed by atoms with E-state index in [4.69, 9.17) is 0 Å². The summed E-state index contributed by atoms with van der Waals surface area (Å²) in [7, 11) is 0. The first kappa shape index (κ1) is 8.70. The van der Waals surface area contributed by atoms with Crippen molar-refractivity contribution in [1.82, 2.24) is 0 Å². The zero-order valence-corrected chi connectivity index (χ0v) is 8.27. The Morgan fingerprint density at radius 3 is 3.31 bits per heavy atom. The minimum atomic E-state index is 0.104. The fourth-order valence-electron chi connectivity index (χ4n) is 1.92. The highest BCUT2D eigenvalue weighted by atomic mass is 32.1. The molecule has 1 nitrogen and oxygen atoms in total. The number of fused-ring (bicyclic) bond motifs is 1. The maximum absolute atomic E-state index is 11.5. The number of hydrogen-bond donors (Lipinski definition) is 0. The van der Waals surface area contributed by atoms with Gasteiger partial charge < -0.3 is 0 Å². The van der Waals surface area contributed by atoms with Gasteiger partial charge in [0.25, 0.3) is 0 Å². The van der Waals surface area contributed by atoms with Crippen LogP contribution in [0.3, 0.4) is 0 Å². The zero-order chi connectivity index (χ0) is 9.26. The molecule has 1 atom stereocenters. The molecule has 68 valence electrons. The Kier molecular flexibility index (Phi) is 2.32. The molecule has 13 heavy (non-hydrogen) atoms. The second-order valence-electron chi connectivity index (χ2n) is 3.35. The van der Waals surface area contributed by atoms with E-state index in [1.807, 2.05) is 0 Å². The van der Waals surface area contributed by atoms with Crippen molar-refractivity contribution >= 4 is 17.1 Å². The van der Waals surface area contributed by atoms with Crippen molar-refractivity contribution in [2.75, 3.05) is 0 Å². The summed E-state index contributed by atoms with van der Waals surface area (Å²) in [5.41, 5.74) is 1.25. The Balaban J connectivity index is 2.35. The number of allylic oxidation sites excluding steroid dienone is 1. The highest BCUT2D eigenvalue weighted by Gasteiger charge is 2.25. The smallest absolute Gasteiger partial charge is 0.162 e. The van der Waals surface area contributed by atoms with Gasteiger partial charge in [0.1, 0.15) is 0 Å². The van der Waals surface area contributed by atoms with Gasteiger partial charge in [0.2, 0.25) is 0 Å². The van der Waals surface area contributed by atoms with Gasteiger partial charge in [0.05, 0.1) is 0 Å². The number of rotatable bonds is 2. The van der Waals surface area contributed by atoms with Gasteiger partial charge in [-0.25, -0.2) is 0 Å². The van der Waals surface area contributed by atoms with Crippen LogP contribution in [0.2, 0.25) is 0 Å². The standard InChI is InChI=1S/C11H12OS/c1-2-10(12)8-4-3-5-11-9(8)6-7-13-11/h2,6-8H,1,3-5H2. The lowest BCUT2D eigenvalue weighted by atomic mass is 9.85. The number of carbonyl (C=O) groups excluding carboxylic acids is 1. The Morgan fingerprint density at radius 2 is 2.54 bits per heavy atom. The normalized spacial score (nSPS) is 20.8. The third-order valence-corrected chi connectivity index (χ3v) is 3.59. The third-order valence-electron chi connectivity index (χ3n) is 2.60. The van der Waals surface area contributed by atoms with E-state index in [0.29, 0.717) is 0 Å². The van der Waals surface area contributed by atoms with Crippen molar-refractivity contribution in [1.29, 1.82) is 0 Å². The summed E-state index contributed by atoms with van der Waals surface area (Å²) in [6, 6.07) is 2.09. The summed E-state index contributed by atoms with van der Waals surface area (Å²) in [6.07, 6.45) is 4.73. The van der Waals surface area contributed by atoms with Gasteiger partial charge >= 0.3 is 0 Å². The molecule has 2 heteroatoms. The molecule has 1 aliphatic carbocycles. The van der Waals surface area contributed by atoms with E-state index in [2.05, 4.69) is 18.0 Å². The van der Waals surface area contributed by atoms with Crippen LogP contribution in [0.25, 0.3) is 0 Å². The molecule has 2 rings (SSSR count). The molecule has 0 N–H and O–H groups in total. The Labute approximate surface area is 82.1 Å². The molecule has 1 aromatic rings. The third kappa shape index (κ3) is 1.46. The van der Waals surface area contributed by atoms with Gasteiger partial charge in [-0.1, -0.05) is 6.58 Å². The predicted molar refractivity (Wildman–Crippen MR) is 55.2 cm³/mol. The first-order valence-electron chi connectivity index (χ1n) is 4.55. The van der Waals surface area contributed by atoms with Crippen LogP contribution in [0.5, 0.6) is 0 Å². The largest absolute Gasteiger partial charge is 0.294 e. The van der Waals surface area contributed by atoms with E-state index in [1.165, 1.54) is 16.5 Å². The molecule has 0 fully saturated rings. The van der Waals surface area contributed by atoms with Crippen LogP contribution >= 0.6 is 11.3 Å². The van der Waals surface area contributed by atoms with E-state index < -0.39 is 0 Å². The molecule has 1 heterocycles. The van der Waals surface area contributed by atoms with Crippen LogP contribution in [-0.4, -0.2) is 5.78 Å². The van der Waals surface area contributed by atoms with Crippen molar-refractivity contribution < 1.29 is 4.79 Å². The lowest BCUT2D eigenvalue weighted by Gasteiger charge is -2.19. The molecule has 0 saturated heterocycles. The first-order chi connectivity index (χ1) is 6.33. The molecular weight excluding hydrogens is 180 g/mol. The van der Waals surface area contributed by atoms with E-state index in [9.17, 15) is 4.79 Å². The minimum Gasteiger partial charge on any atom is -0.294 e. The van der Waals surface area contributed by atoms with Gasteiger partial charge in [0, 0.05) is 10.8 Å². The van der Waals surface area contributed by atoms with E-state index >= 15 is 0 Å². The van der Waals surface area contributed by atoms with E-state index in [-0.39, 0.29) is 11.7 Å². The fraction of sp³-hybridized carbons (Fsp3) is 0.364. The molecule has 0 radical (unpaired) electrons. The summed E-state index contributed by atoms with van der Waals surface area (Å²) in [5.74, 6) is 0.284. The molecular formula is C11H12OS. The molecule has 0 spiro atoms. The minimum absolute atomic E-state index is 0.104. The number of carbonyl (C=O) groups is 1. The molecule has 1 unspecified atom stereocenters. The molecule has 1 aromatic heterocycles. The molecule has 0 aromatic carbocycles. The van der Waals surface area contributed by atoms with Crippen molar-refractivity contribution in [3.05, 3.63) is 34.5 Å². The fourth-order valence-corrected chi connectivity index (χ4v) is 2.91. The Hall–Kier alpha value is -0.890. The lowest BCUT2D eigenvalue weighted by molar-refractivity contribution is -0.116. The quantitative estimate of drug-likeness (QED) is 0.658. The lowest BCUT2D eigenvalue weighted by Crippen LogP contribution is -2.14. The molecule has 0 aliphatic heterocycles. The summed E-state index contributed by atoms with van der Waals surface area (Å²) in [5, 5.41) is 2.08. The molecule has 0 bridgehead atoms. The molecule has 0 saturated carbocycles. The topological polar surface area (TPSA) is 17.1 Å². The van der Waals surface area contributed by atoms with Crippen molar-refractivity contribution in [3.8, 4) is 0 Å². The van der Waals surface area contributed by atoms with Gasteiger partial charge in [-0.15, -0.1) is 11.3 Å². The van der Waals surface area contributed by atoms with Gasteiger partial charge in [-0.2, -0.15) is 0 Å². The van der Waals surface area contributed by atoms with Crippen molar-refractivity contribution in [3.63, 3.8) is 0 Å². The van der Waals surface area contributed by atoms with Crippen LogP contribution in [-0.2, 0) is 11.2 Å². The maximum Gasteiger partial charge on any atom is 0.162 e. The average Bonchev–Trinajstić information content (AvgIpc) is 2.63. The highest BCUT2D eigenvalue weighted by Crippen LogP contribution is 2.35. The van der Waals surface area contributed by atoms with E-state index in [1.54, 1.807) is 11.3 Å². The molecule has 0 amide bonds. The average molecular weight is 192 g/mol. The Morgan fingerprint density at radius 1 is 1.69 bits per heavy atom. The molecule has 1 aliphatic rings. The summed E-state index contributed by atoms with van der Waals surface area (Å²) in [6.45, 7) is 3.55. The van der Waals surface area contributed by atoms with Gasteiger partial charge in [-0.05, 0) is 42.3 Å². The Bertz CT molecular complexity index is 338. The summed E-state index contributed by atoms with van der Waals surface area (Å²) >= 11 is 1.77.